The first-order valence-electron chi connectivity index (χ1n) is 6.32. The van der Waals surface area contributed by atoms with Crippen LogP contribution in [0, 0.1) is 5.92 Å². The molecule has 1 rings (SSSR count). The molecular weight excluding hydrogens is 202 g/mol. The fourth-order valence-corrected chi connectivity index (χ4v) is 2.24. The van der Waals surface area contributed by atoms with Gasteiger partial charge in [0.05, 0.1) is 6.54 Å². The van der Waals surface area contributed by atoms with Gasteiger partial charge in [0.25, 0.3) is 0 Å². The molecule has 0 atom stereocenters. The van der Waals surface area contributed by atoms with Gasteiger partial charge in [0.15, 0.2) is 0 Å². The monoisotopic (exact) mass is 227 g/mol. The molecule has 0 saturated carbocycles. The van der Waals surface area contributed by atoms with E-state index in [1.165, 1.54) is 19.3 Å². The van der Waals surface area contributed by atoms with Gasteiger partial charge in [-0.15, -0.1) is 0 Å². The first kappa shape index (κ1) is 13.5. The highest BCUT2D eigenvalue weighted by Crippen LogP contribution is 2.16. The normalized spacial score (nSPS) is 18.2. The molecule has 1 amide bonds. The fraction of sp³-hybridized carbons (Fsp3) is 0.917. The summed E-state index contributed by atoms with van der Waals surface area (Å²) in [5.41, 5.74) is 5.25. The quantitative estimate of drug-likeness (QED) is 0.697. The summed E-state index contributed by atoms with van der Waals surface area (Å²) in [6, 6.07) is 0.397. The first-order valence-corrected chi connectivity index (χ1v) is 6.32. The SMILES string of the molecule is CC(C)N(CCC1CCNCC1)CC(N)=O. The number of amides is 1. The molecule has 0 aromatic carbocycles. The van der Waals surface area contributed by atoms with Crippen molar-refractivity contribution >= 4 is 5.91 Å². The number of rotatable bonds is 6. The Morgan fingerprint density at radius 1 is 1.44 bits per heavy atom. The Morgan fingerprint density at radius 3 is 2.56 bits per heavy atom. The minimum Gasteiger partial charge on any atom is -0.369 e. The van der Waals surface area contributed by atoms with Gasteiger partial charge in [0.1, 0.15) is 0 Å². The molecular formula is C12H25N3O. The van der Waals surface area contributed by atoms with E-state index in [2.05, 4.69) is 24.1 Å². The van der Waals surface area contributed by atoms with Crippen molar-refractivity contribution < 1.29 is 4.79 Å². The Balaban J connectivity index is 2.28. The molecule has 94 valence electrons. The number of hydrogen-bond donors (Lipinski definition) is 2. The second-order valence-electron chi connectivity index (χ2n) is 5.01. The molecule has 4 nitrogen and oxygen atoms in total. The van der Waals surface area contributed by atoms with Gasteiger partial charge in [-0.1, -0.05) is 0 Å². The molecule has 0 aliphatic carbocycles. The smallest absolute Gasteiger partial charge is 0.231 e. The summed E-state index contributed by atoms with van der Waals surface area (Å²) in [5.74, 6) is 0.592. The van der Waals surface area contributed by atoms with Gasteiger partial charge < -0.3 is 11.1 Å². The number of hydrogen-bond acceptors (Lipinski definition) is 3. The molecule has 0 radical (unpaired) electrons. The third-order valence-electron chi connectivity index (χ3n) is 3.37. The van der Waals surface area contributed by atoms with E-state index in [9.17, 15) is 4.79 Å². The number of nitrogens with one attached hydrogen (secondary N) is 1. The summed E-state index contributed by atoms with van der Waals surface area (Å²) >= 11 is 0. The lowest BCUT2D eigenvalue weighted by Crippen LogP contribution is -2.40. The highest BCUT2D eigenvalue weighted by atomic mass is 16.1. The van der Waals surface area contributed by atoms with Gasteiger partial charge in [-0.05, 0) is 58.7 Å². The summed E-state index contributed by atoms with van der Waals surface area (Å²) in [6.07, 6.45) is 3.72. The summed E-state index contributed by atoms with van der Waals surface area (Å²) in [5, 5.41) is 3.37. The molecule has 1 saturated heterocycles. The van der Waals surface area contributed by atoms with Crippen molar-refractivity contribution in [2.24, 2.45) is 11.7 Å². The third kappa shape index (κ3) is 4.94. The molecule has 1 aliphatic rings. The number of primary amides is 1. The molecule has 3 N–H and O–H groups in total. The molecule has 0 aromatic heterocycles. The molecule has 1 heterocycles. The van der Waals surface area contributed by atoms with Crippen LogP contribution in [0.3, 0.4) is 0 Å². The molecule has 4 heteroatoms. The highest BCUT2D eigenvalue weighted by Gasteiger charge is 2.17. The average Bonchev–Trinajstić information content (AvgIpc) is 2.25. The Labute approximate surface area is 98.6 Å². The van der Waals surface area contributed by atoms with E-state index >= 15 is 0 Å². The van der Waals surface area contributed by atoms with E-state index in [0.29, 0.717) is 12.6 Å². The summed E-state index contributed by atoms with van der Waals surface area (Å²) in [6.45, 7) is 7.90. The molecule has 0 bridgehead atoms. The minimum absolute atomic E-state index is 0.223. The highest BCUT2D eigenvalue weighted by molar-refractivity contribution is 5.75. The molecule has 1 fully saturated rings. The van der Waals surface area contributed by atoms with Crippen LogP contribution in [-0.2, 0) is 4.79 Å². The van der Waals surface area contributed by atoms with Crippen molar-refractivity contribution in [1.82, 2.24) is 10.2 Å². The number of nitrogens with two attached hydrogens (primary N) is 1. The Kier molecular flexibility index (Phi) is 5.77. The van der Waals surface area contributed by atoms with Crippen LogP contribution in [0.5, 0.6) is 0 Å². The lowest BCUT2D eigenvalue weighted by Gasteiger charge is -2.29. The first-order chi connectivity index (χ1) is 7.59. The topological polar surface area (TPSA) is 58.4 Å². The maximum absolute atomic E-state index is 10.9. The van der Waals surface area contributed by atoms with Crippen LogP contribution in [0.15, 0.2) is 0 Å². The van der Waals surface area contributed by atoms with E-state index in [1.807, 2.05) is 0 Å². The Hall–Kier alpha value is -0.610. The van der Waals surface area contributed by atoms with Gasteiger partial charge in [0, 0.05) is 6.04 Å². The number of nitrogens with zero attached hydrogens (tertiary/aromatic N) is 1. The molecule has 16 heavy (non-hydrogen) atoms. The van der Waals surface area contributed by atoms with Crippen LogP contribution >= 0.6 is 0 Å². The van der Waals surface area contributed by atoms with Crippen molar-refractivity contribution in [1.29, 1.82) is 0 Å². The maximum Gasteiger partial charge on any atom is 0.231 e. The summed E-state index contributed by atoms with van der Waals surface area (Å²) in [4.78, 5) is 13.1. The standard InChI is InChI=1S/C12H25N3O/c1-10(2)15(9-12(13)16)8-5-11-3-6-14-7-4-11/h10-11,14H,3-9H2,1-2H3,(H2,13,16). The third-order valence-corrected chi connectivity index (χ3v) is 3.37. The predicted octanol–water partition coefficient (Wildman–Crippen LogP) is 0.572. The van der Waals surface area contributed by atoms with Crippen molar-refractivity contribution in [3.63, 3.8) is 0 Å². The van der Waals surface area contributed by atoms with Crippen LogP contribution in [0.25, 0.3) is 0 Å². The maximum atomic E-state index is 10.9. The minimum atomic E-state index is -0.223. The Bertz CT molecular complexity index is 212. The molecule has 0 unspecified atom stereocenters. The molecule has 1 aliphatic heterocycles. The van der Waals surface area contributed by atoms with Gasteiger partial charge in [0.2, 0.25) is 5.91 Å². The number of carbonyl (C=O) groups excluding carboxylic acids is 1. The van der Waals surface area contributed by atoms with E-state index in [1.54, 1.807) is 0 Å². The van der Waals surface area contributed by atoms with Crippen LogP contribution in [0.4, 0.5) is 0 Å². The summed E-state index contributed by atoms with van der Waals surface area (Å²) in [7, 11) is 0. The van der Waals surface area contributed by atoms with Crippen molar-refractivity contribution in [2.45, 2.75) is 39.2 Å². The molecule has 0 aromatic rings. The predicted molar refractivity (Wildman–Crippen MR) is 66.1 cm³/mol. The Morgan fingerprint density at radius 2 is 2.06 bits per heavy atom. The van der Waals surface area contributed by atoms with Gasteiger partial charge >= 0.3 is 0 Å². The van der Waals surface area contributed by atoms with Crippen molar-refractivity contribution in [3.05, 3.63) is 0 Å². The van der Waals surface area contributed by atoms with E-state index < -0.39 is 0 Å². The van der Waals surface area contributed by atoms with Gasteiger partial charge in [-0.2, -0.15) is 0 Å². The van der Waals surface area contributed by atoms with Crippen molar-refractivity contribution in [3.8, 4) is 0 Å². The zero-order valence-electron chi connectivity index (χ0n) is 10.5. The van der Waals surface area contributed by atoms with Gasteiger partial charge in [-0.3, -0.25) is 9.69 Å². The summed E-state index contributed by atoms with van der Waals surface area (Å²) < 4.78 is 0. The van der Waals surface area contributed by atoms with E-state index in [-0.39, 0.29) is 5.91 Å². The van der Waals surface area contributed by atoms with Gasteiger partial charge in [-0.25, -0.2) is 0 Å². The molecule has 0 spiro atoms. The number of carbonyl (C=O) groups is 1. The zero-order chi connectivity index (χ0) is 12.0. The van der Waals surface area contributed by atoms with E-state index in [0.717, 1.165) is 25.6 Å². The van der Waals surface area contributed by atoms with Crippen LogP contribution in [0.1, 0.15) is 33.1 Å². The zero-order valence-corrected chi connectivity index (χ0v) is 10.5. The second kappa shape index (κ2) is 6.86. The average molecular weight is 227 g/mol. The van der Waals surface area contributed by atoms with Crippen molar-refractivity contribution in [2.75, 3.05) is 26.2 Å². The van der Waals surface area contributed by atoms with Crippen LogP contribution in [0.2, 0.25) is 0 Å². The lowest BCUT2D eigenvalue weighted by atomic mass is 9.94. The largest absolute Gasteiger partial charge is 0.369 e. The lowest BCUT2D eigenvalue weighted by molar-refractivity contribution is -0.119. The second-order valence-corrected chi connectivity index (χ2v) is 5.01. The van der Waals surface area contributed by atoms with Crippen LogP contribution < -0.4 is 11.1 Å². The van der Waals surface area contributed by atoms with E-state index in [4.69, 9.17) is 5.73 Å². The fourth-order valence-electron chi connectivity index (χ4n) is 2.24. The number of piperidine rings is 1. The van der Waals surface area contributed by atoms with Crippen LogP contribution in [-0.4, -0.2) is 43.0 Å².